The second-order valence-corrected chi connectivity index (χ2v) is 7.41. The third-order valence-electron chi connectivity index (χ3n) is 5.15. The molecule has 138 valence electrons. The average molecular weight is 342 g/mol. The summed E-state index contributed by atoms with van der Waals surface area (Å²) in [6, 6.07) is 10.4. The molecule has 25 heavy (non-hydrogen) atoms. The highest BCUT2D eigenvalue weighted by Crippen LogP contribution is 2.30. The van der Waals surface area contributed by atoms with E-state index < -0.39 is 0 Å². The fourth-order valence-corrected chi connectivity index (χ4v) is 3.66. The molecule has 2 rings (SSSR count). The monoisotopic (exact) mass is 341 g/mol. The maximum Gasteiger partial charge on any atom is 0.158 e. The molecule has 1 aromatic rings. The van der Waals surface area contributed by atoms with Gasteiger partial charge in [0.15, 0.2) is 5.78 Å². The summed E-state index contributed by atoms with van der Waals surface area (Å²) in [7, 11) is 0. The predicted molar refractivity (Wildman–Crippen MR) is 107 cm³/mol. The number of benzene rings is 1. The van der Waals surface area contributed by atoms with Gasteiger partial charge in [0.1, 0.15) is 0 Å². The van der Waals surface area contributed by atoms with Crippen LogP contribution in [0.5, 0.6) is 0 Å². The van der Waals surface area contributed by atoms with E-state index in [1.165, 1.54) is 63.4 Å². The molecular formula is C23H35NO. The van der Waals surface area contributed by atoms with Crippen molar-refractivity contribution < 1.29 is 4.79 Å². The molecule has 0 aromatic heterocycles. The van der Waals surface area contributed by atoms with Crippen molar-refractivity contribution in [3.8, 4) is 0 Å². The van der Waals surface area contributed by atoms with Gasteiger partial charge in [0, 0.05) is 24.7 Å². The number of unbranched alkanes of at least 4 members (excludes halogenated alkanes) is 8. The van der Waals surface area contributed by atoms with Crippen LogP contribution in [0.15, 0.2) is 42.1 Å². The first-order valence-corrected chi connectivity index (χ1v) is 10.3. The molecular weight excluding hydrogens is 306 g/mol. The van der Waals surface area contributed by atoms with E-state index in [4.69, 9.17) is 0 Å². The van der Waals surface area contributed by atoms with E-state index in [9.17, 15) is 4.79 Å². The number of hydrogen-bond acceptors (Lipinski definition) is 2. The smallest absolute Gasteiger partial charge is 0.158 e. The third kappa shape index (κ3) is 7.90. The molecule has 2 nitrogen and oxygen atoms in total. The summed E-state index contributed by atoms with van der Waals surface area (Å²) < 4.78 is 0. The molecule has 1 aliphatic rings. The van der Waals surface area contributed by atoms with Crippen LogP contribution in [0.3, 0.4) is 0 Å². The summed E-state index contributed by atoms with van der Waals surface area (Å²) in [6.45, 7) is 3.26. The van der Waals surface area contributed by atoms with Crippen LogP contribution in [0, 0.1) is 0 Å². The molecule has 0 saturated heterocycles. The third-order valence-corrected chi connectivity index (χ3v) is 5.15. The van der Waals surface area contributed by atoms with Crippen molar-refractivity contribution in [3.05, 3.63) is 47.7 Å². The highest BCUT2D eigenvalue weighted by molar-refractivity contribution is 5.91. The Morgan fingerprint density at radius 2 is 1.52 bits per heavy atom. The van der Waals surface area contributed by atoms with Gasteiger partial charge in [-0.25, -0.2) is 0 Å². The number of nitrogens with one attached hydrogen (secondary N) is 1. The largest absolute Gasteiger partial charge is 0.388 e. The van der Waals surface area contributed by atoms with Gasteiger partial charge < -0.3 is 5.32 Å². The zero-order chi connectivity index (χ0) is 17.7. The summed E-state index contributed by atoms with van der Waals surface area (Å²) >= 11 is 0. The summed E-state index contributed by atoms with van der Waals surface area (Å²) in [5.41, 5.74) is 2.41. The van der Waals surface area contributed by atoms with Crippen LogP contribution in [-0.4, -0.2) is 12.3 Å². The maximum absolute atomic E-state index is 12.0. The summed E-state index contributed by atoms with van der Waals surface area (Å²) in [4.78, 5) is 12.0. The SMILES string of the molecule is CCCCCCCCCCCNC1=CC(=O)CC(c2ccccc2)C1. The maximum atomic E-state index is 12.0. The van der Waals surface area contributed by atoms with Crippen LogP contribution in [0.4, 0.5) is 0 Å². The zero-order valence-corrected chi connectivity index (χ0v) is 15.9. The van der Waals surface area contributed by atoms with Crippen LogP contribution in [0.25, 0.3) is 0 Å². The lowest BCUT2D eigenvalue weighted by Crippen LogP contribution is -2.22. The Morgan fingerprint density at radius 3 is 2.20 bits per heavy atom. The van der Waals surface area contributed by atoms with E-state index in [0.29, 0.717) is 12.3 Å². The topological polar surface area (TPSA) is 29.1 Å². The van der Waals surface area contributed by atoms with Gasteiger partial charge >= 0.3 is 0 Å². The Hall–Kier alpha value is -1.57. The van der Waals surface area contributed by atoms with E-state index in [-0.39, 0.29) is 5.78 Å². The first kappa shape index (κ1) is 19.8. The minimum Gasteiger partial charge on any atom is -0.388 e. The van der Waals surface area contributed by atoms with Gasteiger partial charge in [-0.3, -0.25) is 4.79 Å². The minimum absolute atomic E-state index is 0.259. The number of rotatable bonds is 12. The molecule has 1 aromatic carbocycles. The fourth-order valence-electron chi connectivity index (χ4n) is 3.66. The summed E-state index contributed by atoms with van der Waals surface area (Å²) in [6.07, 6.45) is 15.6. The van der Waals surface area contributed by atoms with Gasteiger partial charge in [0.05, 0.1) is 0 Å². The van der Waals surface area contributed by atoms with E-state index in [0.717, 1.165) is 18.7 Å². The molecule has 2 heteroatoms. The van der Waals surface area contributed by atoms with Gasteiger partial charge in [-0.05, 0) is 24.3 Å². The van der Waals surface area contributed by atoms with Crippen molar-refractivity contribution >= 4 is 5.78 Å². The second kappa shape index (κ2) is 11.9. The summed E-state index contributed by atoms with van der Waals surface area (Å²) in [5.74, 6) is 0.596. The van der Waals surface area contributed by atoms with Crippen LogP contribution in [-0.2, 0) is 4.79 Å². The zero-order valence-electron chi connectivity index (χ0n) is 15.9. The summed E-state index contributed by atoms with van der Waals surface area (Å²) in [5, 5.41) is 3.51. The van der Waals surface area contributed by atoms with Crippen LogP contribution < -0.4 is 5.32 Å². The second-order valence-electron chi connectivity index (χ2n) is 7.41. The van der Waals surface area contributed by atoms with Crippen LogP contribution in [0.2, 0.25) is 0 Å². The Balaban J connectivity index is 1.58. The number of carbonyl (C=O) groups excluding carboxylic acids is 1. The Morgan fingerprint density at radius 1 is 0.880 bits per heavy atom. The molecule has 0 bridgehead atoms. The molecule has 0 heterocycles. The van der Waals surface area contributed by atoms with Gasteiger partial charge in [-0.2, -0.15) is 0 Å². The lowest BCUT2D eigenvalue weighted by atomic mass is 9.85. The van der Waals surface area contributed by atoms with E-state index in [1.807, 2.05) is 12.1 Å². The van der Waals surface area contributed by atoms with Gasteiger partial charge in [-0.15, -0.1) is 0 Å². The van der Waals surface area contributed by atoms with Gasteiger partial charge in [0.2, 0.25) is 0 Å². The van der Waals surface area contributed by atoms with Gasteiger partial charge in [-0.1, -0.05) is 88.6 Å². The lowest BCUT2D eigenvalue weighted by Gasteiger charge is -2.23. The molecule has 1 aliphatic carbocycles. The van der Waals surface area contributed by atoms with E-state index in [2.05, 4.69) is 36.5 Å². The number of hydrogen-bond donors (Lipinski definition) is 1. The standard InChI is InChI=1S/C23H35NO/c1-2-3-4-5-6-7-8-9-13-16-24-22-17-21(18-23(25)19-22)20-14-11-10-12-15-20/h10-12,14-15,19,21,24H,2-9,13,16-18H2,1H3. The molecule has 0 amide bonds. The number of ketones is 1. The molecule has 0 saturated carbocycles. The van der Waals surface area contributed by atoms with Crippen molar-refractivity contribution in [3.63, 3.8) is 0 Å². The first-order chi connectivity index (χ1) is 12.3. The van der Waals surface area contributed by atoms with E-state index in [1.54, 1.807) is 0 Å². The molecule has 1 N–H and O–H groups in total. The fraction of sp³-hybridized carbons (Fsp3) is 0.609. The Bertz CT molecular complexity index is 520. The molecule has 0 spiro atoms. The van der Waals surface area contributed by atoms with Crippen molar-refractivity contribution in [2.45, 2.75) is 83.5 Å². The van der Waals surface area contributed by atoms with Crippen LogP contribution in [0.1, 0.15) is 89.0 Å². The first-order valence-electron chi connectivity index (χ1n) is 10.3. The molecule has 1 unspecified atom stereocenters. The predicted octanol–water partition coefficient (Wildman–Crippen LogP) is 6.14. The number of carbonyl (C=O) groups is 1. The number of allylic oxidation sites excluding steroid dienone is 2. The molecule has 1 atom stereocenters. The Labute approximate surface area is 154 Å². The molecule has 0 fully saturated rings. The average Bonchev–Trinajstić information content (AvgIpc) is 2.63. The van der Waals surface area contributed by atoms with Crippen molar-refractivity contribution in [2.24, 2.45) is 0 Å². The minimum atomic E-state index is 0.259. The highest BCUT2D eigenvalue weighted by atomic mass is 16.1. The Kier molecular flexibility index (Phi) is 9.40. The van der Waals surface area contributed by atoms with Crippen molar-refractivity contribution in [1.29, 1.82) is 0 Å². The quantitative estimate of drug-likeness (QED) is 0.463. The molecule has 0 radical (unpaired) electrons. The van der Waals surface area contributed by atoms with Crippen molar-refractivity contribution in [2.75, 3.05) is 6.54 Å². The van der Waals surface area contributed by atoms with Crippen LogP contribution >= 0.6 is 0 Å². The van der Waals surface area contributed by atoms with Gasteiger partial charge in [0.25, 0.3) is 0 Å². The normalized spacial score (nSPS) is 17.4. The lowest BCUT2D eigenvalue weighted by molar-refractivity contribution is -0.115. The van der Waals surface area contributed by atoms with E-state index >= 15 is 0 Å². The van der Waals surface area contributed by atoms with Crippen molar-refractivity contribution in [1.82, 2.24) is 5.32 Å². The highest BCUT2D eigenvalue weighted by Gasteiger charge is 2.21. The molecule has 0 aliphatic heterocycles.